The highest BCUT2D eigenvalue weighted by Gasteiger charge is 2.18. The van der Waals surface area contributed by atoms with Crippen LogP contribution in [0.4, 0.5) is 5.82 Å². The topological polar surface area (TPSA) is 70.2 Å². The first-order valence-electron chi connectivity index (χ1n) is 9.28. The molecule has 6 heteroatoms. The maximum atomic E-state index is 13.0. The van der Waals surface area contributed by atoms with Gasteiger partial charge in [0.05, 0.1) is 6.21 Å². The Balaban J connectivity index is 1.87. The summed E-state index contributed by atoms with van der Waals surface area (Å²) in [6.07, 6.45) is 2.81. The molecule has 2 aromatic carbocycles. The van der Waals surface area contributed by atoms with E-state index in [0.29, 0.717) is 24.6 Å². The number of pyridine rings is 1. The van der Waals surface area contributed by atoms with Gasteiger partial charge in [0, 0.05) is 19.3 Å². The number of hydrogen-bond acceptors (Lipinski definition) is 5. The fourth-order valence-corrected chi connectivity index (χ4v) is 3.32. The zero-order valence-corrected chi connectivity index (χ0v) is 15.7. The summed E-state index contributed by atoms with van der Waals surface area (Å²) >= 11 is 0. The third-order valence-electron chi connectivity index (χ3n) is 4.67. The Labute approximate surface area is 168 Å². The van der Waals surface area contributed by atoms with E-state index >= 15 is 0 Å². The summed E-state index contributed by atoms with van der Waals surface area (Å²) in [5, 5.41) is 12.3. The zero-order chi connectivity index (χ0) is 20.1. The molecule has 144 valence electrons. The molecule has 2 heterocycles. The van der Waals surface area contributed by atoms with E-state index in [9.17, 15) is 10.0 Å². The van der Waals surface area contributed by atoms with Crippen LogP contribution < -0.4 is 10.5 Å². The molecule has 0 radical (unpaired) electrons. The van der Waals surface area contributed by atoms with Crippen LogP contribution in [0.25, 0.3) is 5.65 Å². The number of anilines is 1. The van der Waals surface area contributed by atoms with Gasteiger partial charge in [0.15, 0.2) is 0 Å². The minimum atomic E-state index is -0.283. The number of rotatable bonds is 6. The fourth-order valence-electron chi connectivity index (χ4n) is 3.32. The molecule has 29 heavy (non-hydrogen) atoms. The lowest BCUT2D eigenvalue weighted by Crippen LogP contribution is -2.30. The Morgan fingerprint density at radius 3 is 2.07 bits per heavy atom. The van der Waals surface area contributed by atoms with E-state index < -0.39 is 0 Å². The van der Waals surface area contributed by atoms with Gasteiger partial charge in [0.2, 0.25) is 0 Å². The van der Waals surface area contributed by atoms with Crippen LogP contribution in [0.5, 0.6) is 0 Å². The maximum absolute atomic E-state index is 13.0. The predicted octanol–water partition coefficient (Wildman–Crippen LogP) is 3.71. The van der Waals surface area contributed by atoms with E-state index in [1.807, 2.05) is 71.6 Å². The van der Waals surface area contributed by atoms with Crippen molar-refractivity contribution >= 4 is 17.7 Å². The molecular formula is C23H20N4O2. The molecular weight excluding hydrogens is 364 g/mol. The summed E-state index contributed by atoms with van der Waals surface area (Å²) in [5.41, 5.74) is 2.67. The smallest absolute Gasteiger partial charge is 0.268 e. The first-order valence-corrected chi connectivity index (χ1v) is 9.28. The molecule has 0 aliphatic rings. The molecule has 0 bridgehead atoms. The lowest BCUT2D eigenvalue weighted by atomic mass is 10.1. The van der Waals surface area contributed by atoms with Gasteiger partial charge in [0.25, 0.3) is 5.56 Å². The van der Waals surface area contributed by atoms with Crippen molar-refractivity contribution in [2.24, 2.45) is 5.16 Å². The van der Waals surface area contributed by atoms with Crippen LogP contribution in [-0.4, -0.2) is 20.8 Å². The van der Waals surface area contributed by atoms with Gasteiger partial charge in [-0.1, -0.05) is 71.9 Å². The molecule has 2 aromatic heterocycles. The summed E-state index contributed by atoms with van der Waals surface area (Å²) in [6, 6.07) is 25.4. The molecule has 0 aliphatic carbocycles. The lowest BCUT2D eigenvalue weighted by molar-refractivity contribution is 0.322. The highest BCUT2D eigenvalue weighted by atomic mass is 16.4. The second-order valence-electron chi connectivity index (χ2n) is 6.65. The summed E-state index contributed by atoms with van der Waals surface area (Å²) in [5.74, 6) is 0.478. The van der Waals surface area contributed by atoms with Crippen LogP contribution in [0.15, 0.2) is 95.0 Å². The lowest BCUT2D eigenvalue weighted by Gasteiger charge is -2.25. The van der Waals surface area contributed by atoms with Crippen molar-refractivity contribution in [3.8, 4) is 0 Å². The normalized spacial score (nSPS) is 11.2. The largest absolute Gasteiger partial charge is 0.411 e. The summed E-state index contributed by atoms with van der Waals surface area (Å²) in [4.78, 5) is 19.8. The third-order valence-corrected chi connectivity index (χ3v) is 4.67. The zero-order valence-electron chi connectivity index (χ0n) is 15.7. The van der Waals surface area contributed by atoms with Crippen LogP contribution in [0.1, 0.15) is 16.7 Å². The standard InChI is InChI=1S/C23H20N4O2/c28-23-20(15-24-29)22(25-21-13-7-8-14-27(21)23)26(16-18-9-3-1-4-10-18)17-19-11-5-2-6-12-19/h1-15,29H,16-17H2/b24-15+. The summed E-state index contributed by atoms with van der Waals surface area (Å²) in [6.45, 7) is 1.11. The number of aromatic nitrogens is 2. The Kier molecular flexibility index (Phi) is 5.33. The van der Waals surface area contributed by atoms with Gasteiger partial charge < -0.3 is 10.1 Å². The van der Waals surface area contributed by atoms with Crippen LogP contribution >= 0.6 is 0 Å². The van der Waals surface area contributed by atoms with Crippen molar-refractivity contribution in [3.63, 3.8) is 0 Å². The quantitative estimate of drug-likeness (QED) is 0.313. The molecule has 4 rings (SSSR count). The average molecular weight is 384 g/mol. The van der Waals surface area contributed by atoms with Gasteiger partial charge in [-0.2, -0.15) is 0 Å². The van der Waals surface area contributed by atoms with Crippen LogP contribution in [0.3, 0.4) is 0 Å². The van der Waals surface area contributed by atoms with E-state index in [4.69, 9.17) is 4.98 Å². The Hall–Kier alpha value is -3.93. The summed E-state index contributed by atoms with van der Waals surface area (Å²) in [7, 11) is 0. The monoisotopic (exact) mass is 384 g/mol. The highest BCUT2D eigenvalue weighted by Crippen LogP contribution is 2.21. The molecule has 0 spiro atoms. The SMILES string of the molecule is O=c1c(/C=N/O)c(N(Cc2ccccc2)Cc2ccccc2)nc2ccccn12. The molecule has 0 amide bonds. The number of hydrogen-bond donors (Lipinski definition) is 1. The molecule has 0 atom stereocenters. The van der Waals surface area contributed by atoms with E-state index in [2.05, 4.69) is 5.16 Å². The number of fused-ring (bicyclic) bond motifs is 1. The van der Waals surface area contributed by atoms with Crippen molar-refractivity contribution in [2.75, 3.05) is 4.90 Å². The molecule has 0 unspecified atom stereocenters. The van der Waals surface area contributed by atoms with Gasteiger partial charge in [-0.3, -0.25) is 9.20 Å². The number of nitrogens with zero attached hydrogens (tertiary/aromatic N) is 4. The van der Waals surface area contributed by atoms with Crippen LogP contribution in [0, 0.1) is 0 Å². The number of benzene rings is 2. The van der Waals surface area contributed by atoms with Gasteiger partial charge in [0.1, 0.15) is 17.0 Å². The minimum absolute atomic E-state index is 0.239. The predicted molar refractivity (Wildman–Crippen MR) is 114 cm³/mol. The Morgan fingerprint density at radius 1 is 0.897 bits per heavy atom. The van der Waals surface area contributed by atoms with Gasteiger partial charge >= 0.3 is 0 Å². The molecule has 4 aromatic rings. The second-order valence-corrected chi connectivity index (χ2v) is 6.65. The third kappa shape index (κ3) is 4.01. The van der Waals surface area contributed by atoms with Crippen molar-refractivity contribution < 1.29 is 5.21 Å². The van der Waals surface area contributed by atoms with Gasteiger partial charge in [-0.25, -0.2) is 4.98 Å². The van der Waals surface area contributed by atoms with Gasteiger partial charge in [-0.15, -0.1) is 0 Å². The molecule has 0 saturated carbocycles. The minimum Gasteiger partial charge on any atom is -0.411 e. The number of oxime groups is 1. The van der Waals surface area contributed by atoms with E-state index in [-0.39, 0.29) is 11.1 Å². The van der Waals surface area contributed by atoms with Crippen molar-refractivity contribution in [1.82, 2.24) is 9.38 Å². The Bertz CT molecular complexity index is 1150. The molecule has 0 aliphatic heterocycles. The van der Waals surface area contributed by atoms with E-state index in [1.165, 1.54) is 4.40 Å². The van der Waals surface area contributed by atoms with Crippen molar-refractivity contribution in [1.29, 1.82) is 0 Å². The fraction of sp³-hybridized carbons (Fsp3) is 0.0870. The maximum Gasteiger partial charge on any atom is 0.268 e. The Morgan fingerprint density at radius 2 is 1.48 bits per heavy atom. The average Bonchev–Trinajstić information content (AvgIpc) is 2.77. The molecule has 1 N–H and O–H groups in total. The van der Waals surface area contributed by atoms with Crippen molar-refractivity contribution in [2.45, 2.75) is 13.1 Å². The first kappa shape index (κ1) is 18.4. The molecule has 0 fully saturated rings. The van der Waals surface area contributed by atoms with Crippen molar-refractivity contribution in [3.05, 3.63) is 112 Å². The second kappa shape index (κ2) is 8.39. The molecule has 0 saturated heterocycles. The first-order chi connectivity index (χ1) is 14.3. The molecule has 6 nitrogen and oxygen atoms in total. The highest BCUT2D eigenvalue weighted by molar-refractivity contribution is 5.86. The summed E-state index contributed by atoms with van der Waals surface area (Å²) < 4.78 is 1.45. The van der Waals surface area contributed by atoms with E-state index in [0.717, 1.165) is 17.3 Å². The van der Waals surface area contributed by atoms with E-state index in [1.54, 1.807) is 18.3 Å². The van der Waals surface area contributed by atoms with Gasteiger partial charge in [-0.05, 0) is 23.3 Å². The van der Waals surface area contributed by atoms with Crippen LogP contribution in [0.2, 0.25) is 0 Å². The van der Waals surface area contributed by atoms with Crippen LogP contribution in [-0.2, 0) is 13.1 Å².